The van der Waals surface area contributed by atoms with Crippen molar-refractivity contribution in [3.8, 4) is 0 Å². The Morgan fingerprint density at radius 2 is 1.97 bits per heavy atom. The average Bonchev–Trinajstić information content (AvgIpc) is 3.35. The molecule has 0 bridgehead atoms. The van der Waals surface area contributed by atoms with Gasteiger partial charge >= 0.3 is 0 Å². The third kappa shape index (κ3) is 3.82. The van der Waals surface area contributed by atoms with Crippen molar-refractivity contribution in [2.45, 2.75) is 24.8 Å². The van der Waals surface area contributed by atoms with Crippen molar-refractivity contribution >= 4 is 15.9 Å². The highest BCUT2D eigenvalue weighted by Gasteiger charge is 2.47. The van der Waals surface area contributed by atoms with Gasteiger partial charge in [-0.25, -0.2) is 8.42 Å². The van der Waals surface area contributed by atoms with Crippen LogP contribution in [0, 0.1) is 25.7 Å². The monoisotopic (exact) mass is 418 g/mol. The highest BCUT2D eigenvalue weighted by atomic mass is 32.2. The molecule has 1 N–H and O–H groups in total. The van der Waals surface area contributed by atoms with E-state index in [-0.39, 0.29) is 23.8 Å². The van der Waals surface area contributed by atoms with Crippen molar-refractivity contribution in [2.24, 2.45) is 18.9 Å². The van der Waals surface area contributed by atoms with Gasteiger partial charge in [0.05, 0.1) is 17.6 Å². The van der Waals surface area contributed by atoms with Crippen LogP contribution in [0.5, 0.6) is 0 Å². The Morgan fingerprint density at radius 1 is 1.24 bits per heavy atom. The van der Waals surface area contributed by atoms with Gasteiger partial charge in [-0.2, -0.15) is 9.40 Å². The molecule has 0 saturated carbocycles. The van der Waals surface area contributed by atoms with Crippen molar-refractivity contribution in [1.29, 1.82) is 0 Å². The number of carbonyl (C=O) groups excluding carboxylic acids is 1. The number of amides is 1. The maximum absolute atomic E-state index is 13.1. The van der Waals surface area contributed by atoms with Crippen molar-refractivity contribution in [3.63, 3.8) is 0 Å². The fourth-order valence-electron chi connectivity index (χ4n) is 4.31. The van der Waals surface area contributed by atoms with E-state index in [1.165, 1.54) is 8.99 Å². The van der Waals surface area contributed by atoms with Crippen LogP contribution >= 0.6 is 0 Å². The molecule has 0 radical (unpaired) electrons. The quantitative estimate of drug-likeness (QED) is 0.785. The minimum absolute atomic E-state index is 0.0718. The third-order valence-electron chi connectivity index (χ3n) is 5.82. The Hall–Kier alpha value is -2.23. The predicted molar refractivity (Wildman–Crippen MR) is 107 cm³/mol. The van der Waals surface area contributed by atoms with E-state index in [9.17, 15) is 13.2 Å². The molecule has 9 heteroatoms. The molecule has 0 spiro atoms. The van der Waals surface area contributed by atoms with Crippen LogP contribution in [-0.4, -0.2) is 60.8 Å². The summed E-state index contributed by atoms with van der Waals surface area (Å²) in [5.41, 5.74) is 2.34. The maximum atomic E-state index is 13.1. The number of rotatable bonds is 5. The number of benzene rings is 1. The molecule has 0 aliphatic carbocycles. The highest BCUT2D eigenvalue weighted by molar-refractivity contribution is 7.89. The van der Waals surface area contributed by atoms with E-state index in [1.54, 1.807) is 31.4 Å². The molecule has 3 atom stereocenters. The Morgan fingerprint density at radius 3 is 2.62 bits per heavy atom. The molecule has 2 aliphatic rings. The number of hydrogen-bond donors (Lipinski definition) is 1. The summed E-state index contributed by atoms with van der Waals surface area (Å²) in [4.78, 5) is 12.7. The number of fused-ring (bicyclic) bond motifs is 1. The van der Waals surface area contributed by atoms with E-state index in [4.69, 9.17) is 4.74 Å². The average molecular weight is 419 g/mol. The van der Waals surface area contributed by atoms with E-state index < -0.39 is 10.0 Å². The van der Waals surface area contributed by atoms with Gasteiger partial charge in [-0.05, 0) is 43.2 Å². The van der Waals surface area contributed by atoms with Gasteiger partial charge in [0.25, 0.3) is 5.91 Å². The van der Waals surface area contributed by atoms with Crippen LogP contribution in [-0.2, 0) is 21.8 Å². The smallest absolute Gasteiger partial charge is 0.269 e. The summed E-state index contributed by atoms with van der Waals surface area (Å²) in [6.45, 7) is 5.53. The molecule has 29 heavy (non-hydrogen) atoms. The summed E-state index contributed by atoms with van der Waals surface area (Å²) in [6.07, 6.45) is 1.45. The molecular formula is C20H26N4O4S. The van der Waals surface area contributed by atoms with Gasteiger partial charge in [0, 0.05) is 44.7 Å². The van der Waals surface area contributed by atoms with Crippen molar-refractivity contribution in [3.05, 3.63) is 47.3 Å². The van der Waals surface area contributed by atoms with Crippen LogP contribution in [0.2, 0.25) is 0 Å². The molecule has 2 saturated heterocycles. The summed E-state index contributed by atoms with van der Waals surface area (Å²) in [5, 5.41) is 6.94. The molecule has 1 amide bonds. The molecule has 2 aliphatic heterocycles. The fraction of sp³-hybridized carbons (Fsp3) is 0.500. The number of nitrogens with zero attached hydrogens (tertiary/aromatic N) is 3. The van der Waals surface area contributed by atoms with E-state index in [1.807, 2.05) is 19.9 Å². The van der Waals surface area contributed by atoms with E-state index >= 15 is 0 Å². The Bertz CT molecular complexity index is 1010. The molecule has 2 fully saturated rings. The first kappa shape index (κ1) is 20.1. The maximum Gasteiger partial charge on any atom is 0.269 e. The van der Waals surface area contributed by atoms with Gasteiger partial charge < -0.3 is 10.1 Å². The zero-order valence-corrected chi connectivity index (χ0v) is 17.6. The summed E-state index contributed by atoms with van der Waals surface area (Å²) >= 11 is 0. The molecule has 4 rings (SSSR count). The van der Waals surface area contributed by atoms with E-state index in [0.29, 0.717) is 36.8 Å². The van der Waals surface area contributed by atoms with Crippen molar-refractivity contribution in [2.75, 3.05) is 26.2 Å². The topological polar surface area (TPSA) is 93.5 Å². The minimum Gasteiger partial charge on any atom is -0.376 e. The lowest BCUT2D eigenvalue weighted by molar-refractivity contribution is 0.0924. The molecular weight excluding hydrogens is 392 g/mol. The first-order chi connectivity index (χ1) is 13.8. The lowest BCUT2D eigenvalue weighted by Crippen LogP contribution is -2.36. The molecule has 8 nitrogen and oxygen atoms in total. The van der Waals surface area contributed by atoms with Gasteiger partial charge in [-0.3, -0.25) is 9.48 Å². The molecule has 1 aromatic carbocycles. The first-order valence-electron chi connectivity index (χ1n) is 9.72. The number of aromatic nitrogens is 2. The van der Waals surface area contributed by atoms with Crippen LogP contribution in [0.1, 0.15) is 21.6 Å². The van der Waals surface area contributed by atoms with Crippen LogP contribution in [0.3, 0.4) is 0 Å². The van der Waals surface area contributed by atoms with Gasteiger partial charge in [0.2, 0.25) is 10.0 Å². The highest BCUT2D eigenvalue weighted by Crippen LogP contribution is 2.36. The second-order valence-corrected chi connectivity index (χ2v) is 9.93. The number of hydrogen-bond acceptors (Lipinski definition) is 5. The lowest BCUT2D eigenvalue weighted by Gasteiger charge is -2.20. The van der Waals surface area contributed by atoms with Gasteiger partial charge in [0.15, 0.2) is 0 Å². The first-order valence-corrected chi connectivity index (χ1v) is 11.2. The standard InChI is InChI=1S/C20H26N4O4S/c1-13-6-14(2)8-16(7-13)29(26,27)24-10-17-15(12-28-19(17)11-24)9-21-20(25)18-4-5-22-23(18)3/h4-8,15,17,19H,9-12H2,1-3H3,(H,21,25)/t15-,17+,19+/m0/s1. The fourth-order valence-corrected chi connectivity index (χ4v) is 5.99. The molecule has 0 unspecified atom stereocenters. The Labute approximate surface area is 170 Å². The number of nitrogens with one attached hydrogen (secondary N) is 1. The number of carbonyl (C=O) groups is 1. The second-order valence-electron chi connectivity index (χ2n) is 7.99. The Balaban J connectivity index is 1.43. The van der Waals surface area contributed by atoms with Crippen molar-refractivity contribution < 1.29 is 17.9 Å². The zero-order chi connectivity index (χ0) is 20.8. The molecule has 3 heterocycles. The molecule has 2 aromatic rings. The van der Waals surface area contributed by atoms with Gasteiger partial charge in [0.1, 0.15) is 5.69 Å². The third-order valence-corrected chi connectivity index (χ3v) is 7.63. The van der Waals surface area contributed by atoms with Gasteiger partial charge in [-0.1, -0.05) is 6.07 Å². The number of sulfonamides is 1. The number of aryl methyl sites for hydroxylation is 3. The second kappa shape index (κ2) is 7.55. The van der Waals surface area contributed by atoms with Crippen LogP contribution in [0.25, 0.3) is 0 Å². The number of ether oxygens (including phenoxy) is 1. The van der Waals surface area contributed by atoms with E-state index in [0.717, 1.165) is 11.1 Å². The normalized spacial score (nSPS) is 24.6. The van der Waals surface area contributed by atoms with Crippen LogP contribution in [0.4, 0.5) is 0 Å². The zero-order valence-electron chi connectivity index (χ0n) is 16.8. The molecule has 156 valence electrons. The Kier molecular flexibility index (Phi) is 5.22. The molecule has 1 aromatic heterocycles. The summed E-state index contributed by atoms with van der Waals surface area (Å²) in [7, 11) is -1.85. The predicted octanol–water partition coefficient (Wildman–Crippen LogP) is 1.10. The van der Waals surface area contributed by atoms with Crippen LogP contribution in [0.15, 0.2) is 35.4 Å². The largest absolute Gasteiger partial charge is 0.376 e. The lowest BCUT2D eigenvalue weighted by atomic mass is 9.93. The summed E-state index contributed by atoms with van der Waals surface area (Å²) in [5.74, 6) is -0.0368. The summed E-state index contributed by atoms with van der Waals surface area (Å²) < 4.78 is 35.2. The van der Waals surface area contributed by atoms with Crippen molar-refractivity contribution in [1.82, 2.24) is 19.4 Å². The van der Waals surface area contributed by atoms with Gasteiger partial charge in [-0.15, -0.1) is 0 Å². The summed E-state index contributed by atoms with van der Waals surface area (Å²) in [6, 6.07) is 7.05. The van der Waals surface area contributed by atoms with Crippen LogP contribution < -0.4 is 5.32 Å². The van der Waals surface area contributed by atoms with E-state index in [2.05, 4.69) is 10.4 Å². The SMILES string of the molecule is Cc1cc(C)cc(S(=O)(=O)N2C[C@@H]3[C@@H](CNC(=O)c4ccnn4C)CO[C@@H]3C2)c1. The minimum atomic E-state index is -3.57.